The number of Topliss-reactive ketones (excluding diaryl/α,β-unsaturated/α-hetero) is 1. The van der Waals surface area contributed by atoms with Gasteiger partial charge in [0.1, 0.15) is 5.75 Å². The minimum absolute atomic E-state index is 0.0938. The van der Waals surface area contributed by atoms with Crippen molar-refractivity contribution in [1.82, 2.24) is 9.62 Å². The van der Waals surface area contributed by atoms with E-state index in [1.807, 2.05) is 0 Å². The second-order valence-electron chi connectivity index (χ2n) is 8.40. The smallest absolute Gasteiger partial charge is 0.262 e. The number of sulfonamides is 1. The molecule has 2 aromatic rings. The fraction of sp³-hybridized carbons (Fsp3) is 0.375. The molecule has 2 aliphatic heterocycles. The Hall–Kier alpha value is -3.24. The molecule has 180 valence electrons. The summed E-state index contributed by atoms with van der Waals surface area (Å²) in [6.45, 7) is 1.93. The molecule has 2 aliphatic rings. The first-order chi connectivity index (χ1) is 16.2. The van der Waals surface area contributed by atoms with E-state index in [2.05, 4.69) is 5.32 Å². The first-order valence-corrected chi connectivity index (χ1v) is 12.6. The van der Waals surface area contributed by atoms with Crippen LogP contribution in [-0.4, -0.2) is 63.1 Å². The lowest BCUT2D eigenvalue weighted by atomic mass is 9.95. The van der Waals surface area contributed by atoms with Gasteiger partial charge in [-0.05, 0) is 44.0 Å². The molecular formula is C24H27N3O6S. The van der Waals surface area contributed by atoms with Crippen LogP contribution < -0.4 is 15.0 Å². The third-order valence-electron chi connectivity index (χ3n) is 6.28. The molecule has 0 bridgehead atoms. The summed E-state index contributed by atoms with van der Waals surface area (Å²) in [7, 11) is -2.21. The molecule has 0 saturated carbocycles. The second kappa shape index (κ2) is 9.55. The third-order valence-corrected chi connectivity index (χ3v) is 8.19. The van der Waals surface area contributed by atoms with Gasteiger partial charge >= 0.3 is 0 Å². The minimum atomic E-state index is -3.73. The standard InChI is InChI=1S/C24H27N3O6S/c1-16(28)17-7-9-19(10-8-17)34(31,32)26-13-11-18(12-14-26)24(30)27-15-22(23(29)25-2)33-21-6-4-3-5-20(21)27/h3-10,18,22H,11-15H2,1-2H3,(H,25,29). The van der Waals surface area contributed by atoms with Gasteiger partial charge in [0.25, 0.3) is 5.91 Å². The first kappa shape index (κ1) is 23.9. The van der Waals surface area contributed by atoms with Crippen molar-refractivity contribution in [1.29, 1.82) is 0 Å². The van der Waals surface area contributed by atoms with Crippen molar-refractivity contribution in [3.8, 4) is 5.75 Å². The number of ether oxygens (including phenoxy) is 1. The van der Waals surface area contributed by atoms with E-state index in [0.717, 1.165) is 0 Å². The molecule has 1 saturated heterocycles. The highest BCUT2D eigenvalue weighted by Crippen LogP contribution is 2.35. The van der Waals surface area contributed by atoms with Gasteiger partial charge in [-0.15, -0.1) is 0 Å². The fourth-order valence-corrected chi connectivity index (χ4v) is 5.78. The average Bonchev–Trinajstić information content (AvgIpc) is 2.87. The predicted molar refractivity (Wildman–Crippen MR) is 125 cm³/mol. The molecule has 1 N–H and O–H groups in total. The summed E-state index contributed by atoms with van der Waals surface area (Å²) in [5.74, 6) is -0.504. The normalized spacial score (nSPS) is 19.1. The van der Waals surface area contributed by atoms with E-state index in [4.69, 9.17) is 4.74 Å². The Morgan fingerprint density at radius 3 is 2.26 bits per heavy atom. The lowest BCUT2D eigenvalue weighted by Gasteiger charge is -2.38. The quantitative estimate of drug-likeness (QED) is 0.647. The van der Waals surface area contributed by atoms with Crippen LogP contribution in [0.1, 0.15) is 30.1 Å². The molecule has 1 fully saturated rings. The number of fused-ring (bicyclic) bond motifs is 1. The number of carbonyl (C=O) groups excluding carboxylic acids is 3. The summed E-state index contributed by atoms with van der Waals surface area (Å²) in [5.41, 5.74) is 1.05. The SMILES string of the molecule is CNC(=O)C1CN(C(=O)C2CCN(S(=O)(=O)c3ccc(C(C)=O)cc3)CC2)c2ccccc2O1. The molecular weight excluding hydrogens is 458 g/mol. The van der Waals surface area contributed by atoms with Crippen LogP contribution in [0.3, 0.4) is 0 Å². The molecule has 2 aromatic carbocycles. The molecule has 2 amide bonds. The maximum Gasteiger partial charge on any atom is 0.262 e. The van der Waals surface area contributed by atoms with E-state index in [-0.39, 0.29) is 48.0 Å². The van der Waals surface area contributed by atoms with E-state index in [0.29, 0.717) is 29.8 Å². The molecule has 0 aliphatic carbocycles. The molecule has 10 heteroatoms. The molecule has 1 atom stereocenters. The van der Waals surface area contributed by atoms with Crippen LogP contribution in [0.2, 0.25) is 0 Å². The molecule has 1 unspecified atom stereocenters. The summed E-state index contributed by atoms with van der Waals surface area (Å²) in [5, 5.41) is 2.56. The maximum absolute atomic E-state index is 13.4. The van der Waals surface area contributed by atoms with Crippen molar-refractivity contribution in [3.63, 3.8) is 0 Å². The molecule has 4 rings (SSSR count). The monoisotopic (exact) mass is 485 g/mol. The number of anilines is 1. The number of benzene rings is 2. The van der Waals surface area contributed by atoms with Crippen LogP contribution in [-0.2, 0) is 19.6 Å². The van der Waals surface area contributed by atoms with Gasteiger partial charge in [-0.1, -0.05) is 24.3 Å². The summed E-state index contributed by atoms with van der Waals surface area (Å²) in [4.78, 5) is 38.8. The highest BCUT2D eigenvalue weighted by atomic mass is 32.2. The van der Waals surface area contributed by atoms with Gasteiger partial charge in [-0.2, -0.15) is 4.31 Å². The summed E-state index contributed by atoms with van der Waals surface area (Å²) >= 11 is 0. The van der Waals surface area contributed by atoms with Crippen molar-refractivity contribution in [2.24, 2.45) is 5.92 Å². The molecule has 34 heavy (non-hydrogen) atoms. The van der Waals surface area contributed by atoms with E-state index >= 15 is 0 Å². The van der Waals surface area contributed by atoms with E-state index in [1.165, 1.54) is 42.5 Å². The van der Waals surface area contributed by atoms with Crippen LogP contribution in [0.4, 0.5) is 5.69 Å². The number of carbonyl (C=O) groups is 3. The number of likely N-dealkylation sites (N-methyl/N-ethyl adjacent to an activating group) is 1. The zero-order valence-electron chi connectivity index (χ0n) is 19.1. The van der Waals surface area contributed by atoms with E-state index < -0.39 is 16.1 Å². The highest BCUT2D eigenvalue weighted by Gasteiger charge is 2.38. The van der Waals surface area contributed by atoms with Crippen LogP contribution in [0.15, 0.2) is 53.4 Å². The Bertz CT molecular complexity index is 1200. The first-order valence-electron chi connectivity index (χ1n) is 11.1. The number of hydrogen-bond donors (Lipinski definition) is 1. The van der Waals surface area contributed by atoms with Crippen LogP contribution >= 0.6 is 0 Å². The average molecular weight is 486 g/mol. The highest BCUT2D eigenvalue weighted by molar-refractivity contribution is 7.89. The van der Waals surface area contributed by atoms with Crippen molar-refractivity contribution in [3.05, 3.63) is 54.1 Å². The number of rotatable bonds is 5. The lowest BCUT2D eigenvalue weighted by molar-refractivity contribution is -0.128. The largest absolute Gasteiger partial charge is 0.477 e. The Morgan fingerprint density at radius 1 is 1.00 bits per heavy atom. The van der Waals surface area contributed by atoms with Crippen molar-refractivity contribution < 1.29 is 27.5 Å². The van der Waals surface area contributed by atoms with Crippen LogP contribution in [0.25, 0.3) is 0 Å². The minimum Gasteiger partial charge on any atom is -0.477 e. The molecule has 0 spiro atoms. The summed E-state index contributed by atoms with van der Waals surface area (Å²) in [6.07, 6.45) is -0.0797. The van der Waals surface area contributed by atoms with Gasteiger partial charge in [-0.3, -0.25) is 14.4 Å². The number of para-hydroxylation sites is 2. The van der Waals surface area contributed by atoms with Crippen LogP contribution in [0.5, 0.6) is 5.75 Å². The van der Waals surface area contributed by atoms with Gasteiger partial charge in [0.15, 0.2) is 11.9 Å². The number of ketones is 1. The topological polar surface area (TPSA) is 113 Å². The third kappa shape index (κ3) is 4.55. The van der Waals surface area contributed by atoms with Gasteiger partial charge in [-0.25, -0.2) is 8.42 Å². The Kier molecular flexibility index (Phi) is 6.72. The number of amides is 2. The number of nitrogens with one attached hydrogen (secondary N) is 1. The Balaban J connectivity index is 1.47. The fourth-order valence-electron chi connectivity index (χ4n) is 4.31. The molecule has 9 nitrogen and oxygen atoms in total. The number of nitrogens with zero attached hydrogens (tertiary/aromatic N) is 2. The van der Waals surface area contributed by atoms with Crippen molar-refractivity contribution in [2.45, 2.75) is 30.8 Å². The van der Waals surface area contributed by atoms with E-state index in [9.17, 15) is 22.8 Å². The maximum atomic E-state index is 13.4. The van der Waals surface area contributed by atoms with E-state index in [1.54, 1.807) is 29.2 Å². The second-order valence-corrected chi connectivity index (χ2v) is 10.3. The Labute approximate surface area is 198 Å². The summed E-state index contributed by atoms with van der Waals surface area (Å²) < 4.78 is 33.2. The van der Waals surface area contributed by atoms with Crippen molar-refractivity contribution in [2.75, 3.05) is 31.6 Å². The van der Waals surface area contributed by atoms with Gasteiger partial charge in [0.05, 0.1) is 17.1 Å². The number of piperidine rings is 1. The van der Waals surface area contributed by atoms with Crippen molar-refractivity contribution >= 4 is 33.3 Å². The van der Waals surface area contributed by atoms with Gasteiger partial charge in [0.2, 0.25) is 15.9 Å². The zero-order valence-corrected chi connectivity index (χ0v) is 19.9. The lowest BCUT2D eigenvalue weighted by Crippen LogP contribution is -2.52. The number of hydrogen-bond acceptors (Lipinski definition) is 6. The van der Waals surface area contributed by atoms with Gasteiger partial charge in [0, 0.05) is 31.6 Å². The molecule has 0 aromatic heterocycles. The Morgan fingerprint density at radius 2 is 1.65 bits per heavy atom. The van der Waals surface area contributed by atoms with Crippen LogP contribution in [0, 0.1) is 5.92 Å². The molecule has 0 radical (unpaired) electrons. The van der Waals surface area contributed by atoms with Gasteiger partial charge < -0.3 is 15.0 Å². The summed E-state index contributed by atoms with van der Waals surface area (Å²) in [6, 6.07) is 13.0. The molecule has 2 heterocycles. The zero-order chi connectivity index (χ0) is 24.5. The predicted octanol–water partition coefficient (Wildman–Crippen LogP) is 1.83.